The first-order chi connectivity index (χ1) is 27.4. The molecular formula is C47H82O9. The number of rotatable bonds is 37. The maximum atomic E-state index is 12.8. The summed E-state index contributed by atoms with van der Waals surface area (Å²) in [6, 6.07) is 0. The molecule has 0 amide bonds. The molecule has 1 aliphatic rings. The van der Waals surface area contributed by atoms with Crippen LogP contribution in [0.1, 0.15) is 168 Å². The largest absolute Gasteiger partial charge is 0.457 e. The fourth-order valence-electron chi connectivity index (χ4n) is 6.50. The maximum absolute atomic E-state index is 12.8. The molecule has 0 aromatic carbocycles. The molecule has 0 spiro atoms. The molecule has 9 heteroatoms. The Morgan fingerprint density at radius 1 is 0.589 bits per heavy atom. The Morgan fingerprint density at radius 3 is 1.54 bits per heavy atom. The Labute approximate surface area is 341 Å². The van der Waals surface area contributed by atoms with Crippen LogP contribution in [0.4, 0.5) is 0 Å². The van der Waals surface area contributed by atoms with Gasteiger partial charge < -0.3 is 39.4 Å². The molecule has 324 valence electrons. The van der Waals surface area contributed by atoms with Gasteiger partial charge in [0.2, 0.25) is 0 Å². The molecule has 6 unspecified atom stereocenters. The van der Waals surface area contributed by atoms with Crippen molar-refractivity contribution in [2.75, 3.05) is 26.4 Å². The summed E-state index contributed by atoms with van der Waals surface area (Å²) in [7, 11) is 0. The lowest BCUT2D eigenvalue weighted by Crippen LogP contribution is -2.59. The lowest BCUT2D eigenvalue weighted by Gasteiger charge is -2.39. The van der Waals surface area contributed by atoms with E-state index in [-0.39, 0.29) is 19.2 Å². The van der Waals surface area contributed by atoms with Gasteiger partial charge >= 0.3 is 5.97 Å². The third-order valence-corrected chi connectivity index (χ3v) is 9.97. The van der Waals surface area contributed by atoms with Gasteiger partial charge in [-0.05, 0) is 44.9 Å². The van der Waals surface area contributed by atoms with Crippen molar-refractivity contribution in [3.63, 3.8) is 0 Å². The van der Waals surface area contributed by atoms with Gasteiger partial charge in [-0.2, -0.15) is 0 Å². The quantitative estimate of drug-likeness (QED) is 0.0276. The average Bonchev–Trinajstić information content (AvgIpc) is 3.20. The first-order valence-electron chi connectivity index (χ1n) is 22.4. The number of carbonyl (C=O) groups is 1. The molecule has 9 nitrogen and oxygen atoms in total. The fraction of sp³-hybridized carbons (Fsp3) is 0.766. The third-order valence-electron chi connectivity index (χ3n) is 9.97. The number of unbranched alkanes of at least 4 members (excludes halogenated alkanes) is 16. The molecule has 1 fully saturated rings. The van der Waals surface area contributed by atoms with Crippen LogP contribution in [-0.2, 0) is 23.7 Å². The molecule has 1 heterocycles. The van der Waals surface area contributed by atoms with E-state index in [1.165, 1.54) is 89.9 Å². The van der Waals surface area contributed by atoms with E-state index in [0.717, 1.165) is 51.4 Å². The first-order valence-corrected chi connectivity index (χ1v) is 22.4. The van der Waals surface area contributed by atoms with Crippen molar-refractivity contribution >= 4 is 5.97 Å². The first kappa shape index (κ1) is 51.9. The highest BCUT2D eigenvalue weighted by Gasteiger charge is 2.44. The Kier molecular flexibility index (Phi) is 35.6. The Hall–Kier alpha value is -2.11. The van der Waals surface area contributed by atoms with Gasteiger partial charge in [-0.25, -0.2) is 0 Å². The van der Waals surface area contributed by atoms with E-state index in [1.54, 1.807) is 0 Å². The lowest BCUT2D eigenvalue weighted by atomic mass is 9.99. The van der Waals surface area contributed by atoms with E-state index < -0.39 is 43.4 Å². The highest BCUT2D eigenvalue weighted by Crippen LogP contribution is 2.22. The van der Waals surface area contributed by atoms with E-state index in [9.17, 15) is 25.2 Å². The molecule has 0 bridgehead atoms. The van der Waals surface area contributed by atoms with Gasteiger partial charge in [0.1, 0.15) is 30.5 Å². The highest BCUT2D eigenvalue weighted by molar-refractivity contribution is 5.69. The van der Waals surface area contributed by atoms with Crippen molar-refractivity contribution in [1.82, 2.24) is 0 Å². The van der Waals surface area contributed by atoms with Crippen molar-refractivity contribution < 1.29 is 44.2 Å². The normalized spacial score (nSPS) is 21.1. The van der Waals surface area contributed by atoms with Crippen LogP contribution in [-0.4, -0.2) is 89.6 Å². The van der Waals surface area contributed by atoms with Crippen LogP contribution >= 0.6 is 0 Å². The van der Waals surface area contributed by atoms with E-state index in [2.05, 4.69) is 74.6 Å². The molecule has 0 saturated carbocycles. The summed E-state index contributed by atoms with van der Waals surface area (Å²) in [5.41, 5.74) is 0. The lowest BCUT2D eigenvalue weighted by molar-refractivity contribution is -0.305. The number of carbonyl (C=O) groups excluding carboxylic acids is 1. The highest BCUT2D eigenvalue weighted by atomic mass is 16.7. The van der Waals surface area contributed by atoms with Gasteiger partial charge in [0.25, 0.3) is 0 Å². The zero-order valence-electron chi connectivity index (χ0n) is 35.4. The van der Waals surface area contributed by atoms with E-state index >= 15 is 0 Å². The van der Waals surface area contributed by atoms with Gasteiger partial charge in [0.05, 0.1) is 26.4 Å². The standard InChI is InChI=1S/C47H82O9/c1-3-5-7-9-11-13-15-17-19-21-22-24-26-28-30-32-34-36-43(49)55-41(40-54-47-46(52)45(51)44(50)42(38-48)56-47)39-53-37-35-33-31-29-27-25-23-20-18-16-14-12-10-8-6-4-2/h6,8,12,14,18,20,25,27,31,33,41-42,44-48,50-52H,3-5,7,9-11,13,15-17,19,21-24,26,28-30,32,34-40H2,1-2H3/b8-6-,14-12-,20-18-,27-25-,33-31-. The monoisotopic (exact) mass is 791 g/mol. The Bertz CT molecular complexity index is 1040. The topological polar surface area (TPSA) is 135 Å². The number of hydrogen-bond acceptors (Lipinski definition) is 9. The molecule has 1 saturated heterocycles. The second-order valence-electron chi connectivity index (χ2n) is 15.1. The summed E-state index contributed by atoms with van der Waals surface area (Å²) in [5.74, 6) is -0.338. The summed E-state index contributed by atoms with van der Waals surface area (Å²) < 4.78 is 22.7. The smallest absolute Gasteiger partial charge is 0.306 e. The van der Waals surface area contributed by atoms with E-state index in [1.807, 2.05) is 0 Å². The number of hydrogen-bond donors (Lipinski definition) is 4. The molecular weight excluding hydrogens is 709 g/mol. The summed E-state index contributed by atoms with van der Waals surface area (Å²) in [5, 5.41) is 40.1. The van der Waals surface area contributed by atoms with E-state index in [4.69, 9.17) is 18.9 Å². The van der Waals surface area contributed by atoms with Gasteiger partial charge in [-0.1, -0.05) is 177 Å². The minimum Gasteiger partial charge on any atom is -0.457 e. The average molecular weight is 791 g/mol. The third kappa shape index (κ3) is 29.2. The molecule has 6 atom stereocenters. The molecule has 0 aliphatic carbocycles. The van der Waals surface area contributed by atoms with Crippen molar-refractivity contribution in [2.45, 2.75) is 205 Å². The number of esters is 1. The molecule has 1 rings (SSSR count). The van der Waals surface area contributed by atoms with Gasteiger partial charge in [0.15, 0.2) is 6.29 Å². The zero-order valence-corrected chi connectivity index (χ0v) is 35.4. The van der Waals surface area contributed by atoms with Crippen LogP contribution in [0, 0.1) is 0 Å². The van der Waals surface area contributed by atoms with Crippen molar-refractivity contribution in [3.8, 4) is 0 Å². The predicted molar refractivity (Wildman–Crippen MR) is 228 cm³/mol. The minimum atomic E-state index is -1.55. The summed E-state index contributed by atoms with van der Waals surface area (Å²) in [4.78, 5) is 12.8. The summed E-state index contributed by atoms with van der Waals surface area (Å²) >= 11 is 0. The maximum Gasteiger partial charge on any atom is 0.306 e. The van der Waals surface area contributed by atoms with Gasteiger partial charge in [-0.3, -0.25) is 4.79 Å². The molecule has 0 aromatic heterocycles. The molecule has 0 radical (unpaired) electrons. The zero-order chi connectivity index (χ0) is 40.7. The van der Waals surface area contributed by atoms with Gasteiger partial charge in [0, 0.05) is 6.42 Å². The second kappa shape index (κ2) is 38.4. The van der Waals surface area contributed by atoms with Crippen molar-refractivity contribution in [3.05, 3.63) is 60.8 Å². The van der Waals surface area contributed by atoms with Crippen LogP contribution in [0.3, 0.4) is 0 Å². The molecule has 4 N–H and O–H groups in total. The number of ether oxygens (including phenoxy) is 4. The van der Waals surface area contributed by atoms with Gasteiger partial charge in [-0.15, -0.1) is 0 Å². The van der Waals surface area contributed by atoms with Crippen LogP contribution < -0.4 is 0 Å². The Morgan fingerprint density at radius 2 is 1.05 bits per heavy atom. The van der Waals surface area contributed by atoms with Crippen molar-refractivity contribution in [1.29, 1.82) is 0 Å². The van der Waals surface area contributed by atoms with E-state index in [0.29, 0.717) is 19.4 Å². The molecule has 0 aromatic rings. The van der Waals surface area contributed by atoms with Crippen LogP contribution in [0.2, 0.25) is 0 Å². The number of aliphatic hydroxyl groups is 4. The SMILES string of the molecule is CC/C=C\C/C=C\C/C=C\C/C=C\C/C=C\CCOCC(COC1OC(CO)C(O)C(O)C1O)OC(=O)CCCCCCCCCCCCCCCCCCC. The fourth-order valence-corrected chi connectivity index (χ4v) is 6.50. The van der Waals surface area contributed by atoms with Crippen LogP contribution in [0.15, 0.2) is 60.8 Å². The predicted octanol–water partition coefficient (Wildman–Crippen LogP) is 9.91. The summed E-state index contributed by atoms with van der Waals surface area (Å²) in [6.45, 7) is 4.23. The number of allylic oxidation sites excluding steroid dienone is 9. The minimum absolute atomic E-state index is 0.0902. The number of aliphatic hydroxyl groups excluding tert-OH is 4. The molecule has 1 aliphatic heterocycles. The second-order valence-corrected chi connectivity index (χ2v) is 15.1. The van der Waals surface area contributed by atoms with Crippen molar-refractivity contribution in [2.24, 2.45) is 0 Å². The molecule has 56 heavy (non-hydrogen) atoms. The van der Waals surface area contributed by atoms with Crippen LogP contribution in [0.25, 0.3) is 0 Å². The summed E-state index contributed by atoms with van der Waals surface area (Å²) in [6.07, 6.45) is 41.2. The Balaban J connectivity index is 2.32. The van der Waals surface area contributed by atoms with Crippen LogP contribution in [0.5, 0.6) is 0 Å².